The first-order valence-corrected chi connectivity index (χ1v) is 5.30. The molecule has 82 valence electrons. The van der Waals surface area contributed by atoms with Crippen LogP contribution in [-0.2, 0) is 0 Å². The molecule has 1 aromatic heterocycles. The summed E-state index contributed by atoms with van der Waals surface area (Å²) in [6.07, 6.45) is 3.31. The van der Waals surface area contributed by atoms with Crippen molar-refractivity contribution < 1.29 is 4.39 Å². The van der Waals surface area contributed by atoms with E-state index in [4.69, 9.17) is 0 Å². The number of aromatic nitrogens is 2. The van der Waals surface area contributed by atoms with Gasteiger partial charge in [0.2, 0.25) is 0 Å². The molecule has 0 saturated heterocycles. The molecule has 17 heavy (non-hydrogen) atoms. The maximum atomic E-state index is 13.1. The quantitative estimate of drug-likeness (QED) is 0.632. The number of rotatable bonds is 1. The van der Waals surface area contributed by atoms with Crippen molar-refractivity contribution in [3.63, 3.8) is 0 Å². The minimum absolute atomic E-state index is 0.234. The van der Waals surface area contributed by atoms with E-state index in [9.17, 15) is 4.39 Å². The number of hydrogen-bond acceptors (Lipinski definition) is 2. The van der Waals surface area contributed by atoms with Gasteiger partial charge in [-0.15, -0.1) is 0 Å². The van der Waals surface area contributed by atoms with Gasteiger partial charge >= 0.3 is 0 Å². The molecule has 0 fully saturated rings. The van der Waals surface area contributed by atoms with E-state index in [1.165, 1.54) is 12.1 Å². The van der Waals surface area contributed by atoms with Crippen molar-refractivity contribution in [1.82, 2.24) is 9.97 Å². The summed E-state index contributed by atoms with van der Waals surface area (Å²) >= 11 is 0. The Labute approximate surface area is 97.8 Å². The van der Waals surface area contributed by atoms with Crippen LogP contribution in [0, 0.1) is 5.82 Å². The summed E-state index contributed by atoms with van der Waals surface area (Å²) in [5.74, 6) is -0.234. The lowest BCUT2D eigenvalue weighted by atomic mass is 10.1. The lowest BCUT2D eigenvalue weighted by Gasteiger charge is -2.03. The SMILES string of the molecule is Fc1cccc(-c2ccc3nccnc3c2)c1. The molecule has 0 aliphatic carbocycles. The molecule has 3 aromatic rings. The first-order chi connectivity index (χ1) is 8.33. The lowest BCUT2D eigenvalue weighted by Crippen LogP contribution is -1.84. The minimum atomic E-state index is -0.234. The molecule has 0 saturated carbocycles. The number of halogens is 1. The summed E-state index contributed by atoms with van der Waals surface area (Å²) in [6.45, 7) is 0. The monoisotopic (exact) mass is 224 g/mol. The molecule has 0 amide bonds. The van der Waals surface area contributed by atoms with Gasteiger partial charge in [-0.2, -0.15) is 0 Å². The van der Waals surface area contributed by atoms with Crippen LogP contribution in [0.5, 0.6) is 0 Å². The van der Waals surface area contributed by atoms with Gasteiger partial charge in [-0.25, -0.2) is 4.39 Å². The van der Waals surface area contributed by atoms with Crippen LogP contribution in [0.4, 0.5) is 4.39 Å². The van der Waals surface area contributed by atoms with Crippen LogP contribution in [0.1, 0.15) is 0 Å². The van der Waals surface area contributed by atoms with E-state index in [1.54, 1.807) is 18.5 Å². The van der Waals surface area contributed by atoms with Crippen molar-refractivity contribution in [3.8, 4) is 11.1 Å². The van der Waals surface area contributed by atoms with Gasteiger partial charge in [-0.1, -0.05) is 18.2 Å². The largest absolute Gasteiger partial charge is 0.253 e. The molecule has 0 unspecified atom stereocenters. The Kier molecular flexibility index (Phi) is 2.29. The van der Waals surface area contributed by atoms with Crippen molar-refractivity contribution >= 4 is 11.0 Å². The van der Waals surface area contributed by atoms with Crippen LogP contribution in [0.15, 0.2) is 54.9 Å². The Morgan fingerprint density at radius 3 is 2.35 bits per heavy atom. The number of nitrogens with zero attached hydrogens (tertiary/aromatic N) is 2. The smallest absolute Gasteiger partial charge is 0.123 e. The summed E-state index contributed by atoms with van der Waals surface area (Å²) in [4.78, 5) is 8.43. The molecule has 3 heteroatoms. The van der Waals surface area contributed by atoms with Gasteiger partial charge in [0.05, 0.1) is 11.0 Å². The topological polar surface area (TPSA) is 25.8 Å². The maximum absolute atomic E-state index is 13.1. The van der Waals surface area contributed by atoms with E-state index >= 15 is 0 Å². The van der Waals surface area contributed by atoms with Gasteiger partial charge in [0.15, 0.2) is 0 Å². The standard InChI is InChI=1S/C14H9FN2/c15-12-3-1-2-10(8-12)11-4-5-13-14(9-11)17-7-6-16-13/h1-9H. The molecular formula is C14H9FN2. The Morgan fingerprint density at radius 2 is 1.53 bits per heavy atom. The van der Waals surface area contributed by atoms with Gasteiger partial charge in [0.25, 0.3) is 0 Å². The molecule has 0 radical (unpaired) electrons. The van der Waals surface area contributed by atoms with E-state index < -0.39 is 0 Å². The average molecular weight is 224 g/mol. The predicted molar refractivity (Wildman–Crippen MR) is 64.9 cm³/mol. The first kappa shape index (κ1) is 9.90. The van der Waals surface area contributed by atoms with Gasteiger partial charge < -0.3 is 0 Å². The molecule has 0 atom stereocenters. The second-order valence-corrected chi connectivity index (χ2v) is 3.77. The molecule has 1 heterocycles. The van der Waals surface area contributed by atoms with Crippen molar-refractivity contribution in [1.29, 1.82) is 0 Å². The molecule has 0 aliphatic heterocycles. The molecule has 0 spiro atoms. The van der Waals surface area contributed by atoms with Crippen LogP contribution in [-0.4, -0.2) is 9.97 Å². The van der Waals surface area contributed by atoms with Gasteiger partial charge in [-0.3, -0.25) is 9.97 Å². The summed E-state index contributed by atoms with van der Waals surface area (Å²) in [5, 5.41) is 0. The maximum Gasteiger partial charge on any atom is 0.123 e. The third kappa shape index (κ3) is 1.87. The van der Waals surface area contributed by atoms with Gasteiger partial charge in [0, 0.05) is 12.4 Å². The minimum Gasteiger partial charge on any atom is -0.253 e. The molecule has 2 aromatic carbocycles. The highest BCUT2D eigenvalue weighted by molar-refractivity contribution is 5.80. The highest BCUT2D eigenvalue weighted by atomic mass is 19.1. The molecule has 2 nitrogen and oxygen atoms in total. The van der Waals surface area contributed by atoms with Crippen LogP contribution >= 0.6 is 0 Å². The predicted octanol–water partition coefficient (Wildman–Crippen LogP) is 3.44. The fraction of sp³-hybridized carbons (Fsp3) is 0. The van der Waals surface area contributed by atoms with Crippen molar-refractivity contribution in [2.24, 2.45) is 0 Å². The second-order valence-electron chi connectivity index (χ2n) is 3.77. The van der Waals surface area contributed by atoms with Gasteiger partial charge in [-0.05, 0) is 35.4 Å². The van der Waals surface area contributed by atoms with Crippen LogP contribution < -0.4 is 0 Å². The van der Waals surface area contributed by atoms with Crippen molar-refractivity contribution in [2.45, 2.75) is 0 Å². The van der Waals surface area contributed by atoms with E-state index in [1.807, 2.05) is 24.3 Å². The molecule has 0 aliphatic rings. The Balaban J connectivity index is 2.18. The van der Waals surface area contributed by atoms with Gasteiger partial charge in [0.1, 0.15) is 5.82 Å². The fourth-order valence-corrected chi connectivity index (χ4v) is 1.81. The summed E-state index contributed by atoms with van der Waals surface area (Å²) in [5.41, 5.74) is 3.44. The highest BCUT2D eigenvalue weighted by Gasteiger charge is 2.01. The average Bonchev–Trinajstić information content (AvgIpc) is 2.38. The Bertz CT molecular complexity index is 680. The van der Waals surface area contributed by atoms with Crippen molar-refractivity contribution in [2.75, 3.05) is 0 Å². The zero-order valence-corrected chi connectivity index (χ0v) is 8.97. The normalized spacial score (nSPS) is 10.6. The van der Waals surface area contributed by atoms with Crippen LogP contribution in [0.3, 0.4) is 0 Å². The summed E-state index contributed by atoms with van der Waals surface area (Å²) in [6, 6.07) is 12.2. The zero-order chi connectivity index (χ0) is 11.7. The third-order valence-corrected chi connectivity index (χ3v) is 2.63. The number of hydrogen-bond donors (Lipinski definition) is 0. The van der Waals surface area contributed by atoms with E-state index in [-0.39, 0.29) is 5.82 Å². The van der Waals surface area contributed by atoms with Crippen molar-refractivity contribution in [3.05, 3.63) is 60.7 Å². The lowest BCUT2D eigenvalue weighted by molar-refractivity contribution is 0.628. The van der Waals surface area contributed by atoms with E-state index in [2.05, 4.69) is 9.97 Å². The molecule has 0 bridgehead atoms. The Morgan fingerprint density at radius 1 is 0.765 bits per heavy atom. The first-order valence-electron chi connectivity index (χ1n) is 5.30. The molecule has 3 rings (SSSR count). The summed E-state index contributed by atoms with van der Waals surface area (Å²) < 4.78 is 13.1. The van der Waals surface area contributed by atoms with Crippen LogP contribution in [0.2, 0.25) is 0 Å². The van der Waals surface area contributed by atoms with E-state index in [0.29, 0.717) is 0 Å². The highest BCUT2D eigenvalue weighted by Crippen LogP contribution is 2.22. The molecular weight excluding hydrogens is 215 g/mol. The second kappa shape index (κ2) is 3.94. The van der Waals surface area contributed by atoms with E-state index in [0.717, 1.165) is 22.2 Å². The fourth-order valence-electron chi connectivity index (χ4n) is 1.81. The van der Waals surface area contributed by atoms with Crippen LogP contribution in [0.25, 0.3) is 22.2 Å². The zero-order valence-electron chi connectivity index (χ0n) is 8.97. The summed E-state index contributed by atoms with van der Waals surface area (Å²) in [7, 11) is 0. The molecule has 0 N–H and O–H groups in total. The number of benzene rings is 2. The Hall–Kier alpha value is -2.29. The number of fused-ring (bicyclic) bond motifs is 1. The third-order valence-electron chi connectivity index (χ3n) is 2.63.